The summed E-state index contributed by atoms with van der Waals surface area (Å²) in [5.74, 6) is -2.12. The Kier molecular flexibility index (Phi) is 7.37. The van der Waals surface area contributed by atoms with Crippen molar-refractivity contribution in [2.24, 2.45) is 0 Å². The first kappa shape index (κ1) is 25.3. The molecule has 12 heteroatoms. The SMILES string of the molecule is Cc1ccc(NS(=O)(=O)c2ccc(OCC(=O)Nc3ccc(F)c(C(F)(F)F)c3)cc2)cc1Cl. The van der Waals surface area contributed by atoms with E-state index < -0.39 is 40.1 Å². The second-order valence-corrected chi connectivity index (χ2v) is 9.16. The van der Waals surface area contributed by atoms with Crippen LogP contribution in [0.5, 0.6) is 5.75 Å². The van der Waals surface area contributed by atoms with E-state index in [4.69, 9.17) is 16.3 Å². The molecule has 0 bridgehead atoms. The number of hydrogen-bond acceptors (Lipinski definition) is 4. The maximum Gasteiger partial charge on any atom is 0.419 e. The minimum Gasteiger partial charge on any atom is -0.484 e. The van der Waals surface area contributed by atoms with Crippen LogP contribution in [0, 0.1) is 12.7 Å². The molecule has 0 aliphatic heterocycles. The number of anilines is 2. The van der Waals surface area contributed by atoms with E-state index in [9.17, 15) is 30.8 Å². The quantitative estimate of drug-likeness (QED) is 0.399. The summed E-state index contributed by atoms with van der Waals surface area (Å²) in [6, 6.07) is 11.9. The van der Waals surface area contributed by atoms with Gasteiger partial charge in [0.15, 0.2) is 6.61 Å². The van der Waals surface area contributed by atoms with Crippen molar-refractivity contribution in [2.45, 2.75) is 18.0 Å². The molecule has 0 saturated carbocycles. The Bertz CT molecular complexity index is 1310. The number of benzene rings is 3. The summed E-state index contributed by atoms with van der Waals surface area (Å²) in [6.07, 6.45) is -4.91. The van der Waals surface area contributed by atoms with E-state index in [1.165, 1.54) is 30.3 Å². The van der Waals surface area contributed by atoms with Gasteiger partial charge in [0.05, 0.1) is 16.1 Å². The van der Waals surface area contributed by atoms with E-state index in [0.29, 0.717) is 17.2 Å². The number of ether oxygens (including phenoxy) is 1. The van der Waals surface area contributed by atoms with Crippen molar-refractivity contribution in [2.75, 3.05) is 16.6 Å². The second-order valence-electron chi connectivity index (χ2n) is 7.07. The van der Waals surface area contributed by atoms with Crippen LogP contribution < -0.4 is 14.8 Å². The lowest BCUT2D eigenvalue weighted by Gasteiger charge is -2.12. The highest BCUT2D eigenvalue weighted by Crippen LogP contribution is 2.33. The van der Waals surface area contributed by atoms with Gasteiger partial charge in [-0.2, -0.15) is 13.2 Å². The summed E-state index contributed by atoms with van der Waals surface area (Å²) in [6.45, 7) is 1.20. The van der Waals surface area contributed by atoms with Gasteiger partial charge >= 0.3 is 6.18 Å². The number of alkyl halides is 3. The summed E-state index contributed by atoms with van der Waals surface area (Å²) in [5, 5.41) is 2.58. The lowest BCUT2D eigenvalue weighted by molar-refractivity contribution is -0.140. The summed E-state index contributed by atoms with van der Waals surface area (Å²) in [5.41, 5.74) is -0.701. The van der Waals surface area contributed by atoms with Gasteiger partial charge in [-0.1, -0.05) is 17.7 Å². The van der Waals surface area contributed by atoms with Crippen molar-refractivity contribution in [3.05, 3.63) is 82.6 Å². The first-order valence-corrected chi connectivity index (χ1v) is 11.4. The summed E-state index contributed by atoms with van der Waals surface area (Å²) < 4.78 is 84.4. The molecule has 6 nitrogen and oxygen atoms in total. The van der Waals surface area contributed by atoms with E-state index in [1.54, 1.807) is 19.1 Å². The number of hydrogen-bond donors (Lipinski definition) is 2. The van der Waals surface area contributed by atoms with Crippen molar-refractivity contribution in [1.29, 1.82) is 0 Å². The Balaban J connectivity index is 1.60. The van der Waals surface area contributed by atoms with Crippen LogP contribution in [-0.4, -0.2) is 20.9 Å². The van der Waals surface area contributed by atoms with E-state index >= 15 is 0 Å². The number of carbonyl (C=O) groups is 1. The standard InChI is InChI=1S/C22H17ClF4N2O4S/c1-13-2-3-15(11-19(13)23)29-34(31,32)17-7-5-16(6-8-17)33-12-21(30)28-14-4-9-20(24)18(10-14)22(25,26)27/h2-11,29H,12H2,1H3,(H,28,30). The van der Waals surface area contributed by atoms with E-state index in [2.05, 4.69) is 10.0 Å². The zero-order valence-corrected chi connectivity index (χ0v) is 19.0. The molecule has 3 aromatic rings. The molecule has 0 aliphatic rings. The zero-order valence-electron chi connectivity index (χ0n) is 17.4. The highest BCUT2D eigenvalue weighted by Gasteiger charge is 2.34. The molecule has 0 saturated heterocycles. The molecule has 0 heterocycles. The van der Waals surface area contributed by atoms with Gasteiger partial charge in [-0.05, 0) is 67.1 Å². The van der Waals surface area contributed by atoms with Crippen molar-refractivity contribution in [3.63, 3.8) is 0 Å². The number of sulfonamides is 1. The molecule has 3 aromatic carbocycles. The first-order chi connectivity index (χ1) is 15.8. The third kappa shape index (κ3) is 6.39. The van der Waals surface area contributed by atoms with E-state index in [1.807, 2.05) is 0 Å². The van der Waals surface area contributed by atoms with Gasteiger partial charge in [0.1, 0.15) is 11.6 Å². The second kappa shape index (κ2) is 9.90. The van der Waals surface area contributed by atoms with Crippen molar-refractivity contribution in [3.8, 4) is 5.75 Å². The van der Waals surface area contributed by atoms with Crippen molar-refractivity contribution < 1.29 is 35.5 Å². The molecule has 0 aromatic heterocycles. The van der Waals surface area contributed by atoms with Crippen LogP contribution in [0.1, 0.15) is 11.1 Å². The molecule has 0 unspecified atom stereocenters. The third-order valence-electron chi connectivity index (χ3n) is 4.48. The number of halogens is 5. The lowest BCUT2D eigenvalue weighted by atomic mass is 10.2. The maximum atomic E-state index is 13.3. The molecule has 1 amide bonds. The van der Waals surface area contributed by atoms with Crippen LogP contribution in [0.4, 0.5) is 28.9 Å². The molecule has 3 rings (SSSR count). The Labute approximate surface area is 197 Å². The average molecular weight is 517 g/mol. The van der Waals surface area contributed by atoms with E-state index in [-0.39, 0.29) is 22.0 Å². The van der Waals surface area contributed by atoms with Gasteiger partial charge in [0.2, 0.25) is 0 Å². The highest BCUT2D eigenvalue weighted by atomic mass is 35.5. The topological polar surface area (TPSA) is 84.5 Å². The zero-order chi connectivity index (χ0) is 25.1. The number of amides is 1. The third-order valence-corrected chi connectivity index (χ3v) is 6.29. The molecule has 0 aliphatic carbocycles. The smallest absolute Gasteiger partial charge is 0.419 e. The monoisotopic (exact) mass is 516 g/mol. The fraction of sp³-hybridized carbons (Fsp3) is 0.136. The summed E-state index contributed by atoms with van der Waals surface area (Å²) in [7, 11) is -3.92. The predicted octanol–water partition coefficient (Wildman–Crippen LogP) is 5.62. The van der Waals surface area contributed by atoms with Crippen molar-refractivity contribution >= 4 is 38.9 Å². The molecule has 0 spiro atoms. The molecule has 0 fully saturated rings. The van der Waals surface area contributed by atoms with Crippen LogP contribution in [0.25, 0.3) is 0 Å². The Hall–Kier alpha value is -3.31. The Morgan fingerprint density at radius 1 is 1.00 bits per heavy atom. The number of carbonyl (C=O) groups excluding carboxylic acids is 1. The largest absolute Gasteiger partial charge is 0.484 e. The minimum absolute atomic E-state index is 0.0769. The Morgan fingerprint density at radius 2 is 1.65 bits per heavy atom. The predicted molar refractivity (Wildman–Crippen MR) is 119 cm³/mol. The van der Waals surface area contributed by atoms with Gasteiger partial charge < -0.3 is 10.1 Å². The highest BCUT2D eigenvalue weighted by molar-refractivity contribution is 7.92. The first-order valence-electron chi connectivity index (χ1n) is 9.53. The van der Waals surface area contributed by atoms with Gasteiger partial charge in [-0.25, -0.2) is 12.8 Å². The molecule has 180 valence electrons. The molecular weight excluding hydrogens is 500 g/mol. The van der Waals surface area contributed by atoms with Crippen LogP contribution in [0.3, 0.4) is 0 Å². The van der Waals surface area contributed by atoms with Crippen LogP contribution in [-0.2, 0) is 21.0 Å². The fourth-order valence-corrected chi connectivity index (χ4v) is 3.98. The normalized spacial score (nSPS) is 11.7. The lowest BCUT2D eigenvalue weighted by Crippen LogP contribution is -2.21. The minimum atomic E-state index is -4.91. The number of nitrogens with one attached hydrogen (secondary N) is 2. The molecule has 0 radical (unpaired) electrons. The molecule has 34 heavy (non-hydrogen) atoms. The number of rotatable bonds is 7. The number of aryl methyl sites for hydroxylation is 1. The van der Waals surface area contributed by atoms with Crippen LogP contribution >= 0.6 is 11.6 Å². The molecular formula is C22H17ClF4N2O4S. The van der Waals surface area contributed by atoms with Gasteiger partial charge in [0, 0.05) is 10.7 Å². The molecule has 0 atom stereocenters. The van der Waals surface area contributed by atoms with Gasteiger partial charge in [-0.3, -0.25) is 9.52 Å². The average Bonchev–Trinajstić information content (AvgIpc) is 2.75. The Morgan fingerprint density at radius 3 is 2.26 bits per heavy atom. The van der Waals surface area contributed by atoms with E-state index in [0.717, 1.165) is 11.6 Å². The van der Waals surface area contributed by atoms with Gasteiger partial charge in [0.25, 0.3) is 15.9 Å². The summed E-state index contributed by atoms with van der Waals surface area (Å²) in [4.78, 5) is 11.9. The van der Waals surface area contributed by atoms with Crippen LogP contribution in [0.2, 0.25) is 5.02 Å². The fourth-order valence-electron chi connectivity index (χ4n) is 2.75. The maximum absolute atomic E-state index is 13.3. The van der Waals surface area contributed by atoms with Gasteiger partial charge in [-0.15, -0.1) is 0 Å². The van der Waals surface area contributed by atoms with Crippen LogP contribution in [0.15, 0.2) is 65.6 Å². The molecule has 2 N–H and O–H groups in total. The summed E-state index contributed by atoms with van der Waals surface area (Å²) >= 11 is 6.00. The van der Waals surface area contributed by atoms with Crippen molar-refractivity contribution in [1.82, 2.24) is 0 Å².